The molecule has 0 aromatic rings. The maximum atomic E-state index is 10.2. The number of hydrogen-bond donors (Lipinski definition) is 3. The predicted molar refractivity (Wildman–Crippen MR) is 82.1 cm³/mol. The minimum absolute atomic E-state index is 0.129. The molecular weight excluding hydrogens is 270 g/mol. The molecule has 0 amide bonds. The van der Waals surface area contributed by atoms with E-state index in [2.05, 4.69) is 22.6 Å². The predicted octanol–water partition coefficient (Wildman–Crippen LogP) is 0.120. The Hall–Kier alpha value is -0.240. The van der Waals surface area contributed by atoms with Crippen LogP contribution >= 0.6 is 0 Å². The van der Waals surface area contributed by atoms with Crippen LogP contribution in [0.15, 0.2) is 0 Å². The lowest BCUT2D eigenvalue weighted by molar-refractivity contribution is -0.319. The number of nitrogens with zero attached hydrogens (tertiary/aromatic N) is 1. The molecule has 4 atom stereocenters. The van der Waals surface area contributed by atoms with Gasteiger partial charge in [0.1, 0.15) is 0 Å². The molecule has 0 aromatic heterocycles. The first kappa shape index (κ1) is 17.1. The van der Waals surface area contributed by atoms with Gasteiger partial charge in [0.25, 0.3) is 0 Å². The van der Waals surface area contributed by atoms with E-state index < -0.39 is 12.1 Å². The second kappa shape index (κ2) is 7.85. The van der Waals surface area contributed by atoms with Crippen molar-refractivity contribution in [2.45, 2.75) is 56.8 Å². The average Bonchev–Trinajstić information content (AvgIpc) is 3.14. The number of aliphatic hydroxyl groups excluding tert-OH is 1. The molecule has 2 aliphatic heterocycles. The van der Waals surface area contributed by atoms with Crippen molar-refractivity contribution in [1.82, 2.24) is 15.5 Å². The zero-order chi connectivity index (χ0) is 15.3. The molecule has 0 saturated carbocycles. The molecule has 2 heterocycles. The molecule has 6 nitrogen and oxygen atoms in total. The average molecular weight is 301 g/mol. The van der Waals surface area contributed by atoms with Gasteiger partial charge in [0.15, 0.2) is 6.29 Å². The van der Waals surface area contributed by atoms with E-state index in [4.69, 9.17) is 9.47 Å². The number of ether oxygens (including phenoxy) is 2. The molecule has 2 saturated heterocycles. The van der Waals surface area contributed by atoms with Crippen molar-refractivity contribution in [3.63, 3.8) is 0 Å². The number of likely N-dealkylation sites (tertiary alicyclic amines) is 1. The van der Waals surface area contributed by atoms with Crippen LogP contribution < -0.4 is 10.6 Å². The topological polar surface area (TPSA) is 66.0 Å². The van der Waals surface area contributed by atoms with E-state index in [1.807, 2.05) is 6.92 Å². The van der Waals surface area contributed by atoms with E-state index in [1.54, 1.807) is 7.11 Å². The Bertz CT molecular complexity index is 313. The molecule has 2 rings (SSSR count). The number of rotatable bonds is 8. The van der Waals surface area contributed by atoms with Crippen LogP contribution in [-0.4, -0.2) is 74.5 Å². The minimum atomic E-state index is -0.860. The Labute approximate surface area is 128 Å². The molecule has 2 fully saturated rings. The molecule has 0 aromatic carbocycles. The van der Waals surface area contributed by atoms with Crippen LogP contribution in [0.2, 0.25) is 0 Å². The van der Waals surface area contributed by atoms with Crippen LogP contribution in [0.5, 0.6) is 0 Å². The lowest BCUT2D eigenvalue weighted by Crippen LogP contribution is -2.63. The fraction of sp³-hybridized carbons (Fsp3) is 1.00. The van der Waals surface area contributed by atoms with Crippen LogP contribution in [-0.2, 0) is 9.47 Å². The number of methoxy groups -OCH3 is 1. The zero-order valence-electron chi connectivity index (χ0n) is 13.6. The Balaban J connectivity index is 2.14. The first-order chi connectivity index (χ1) is 10.1. The fourth-order valence-electron chi connectivity index (χ4n) is 3.69. The normalized spacial score (nSPS) is 31.4. The minimum Gasteiger partial charge on any atom is -0.367 e. The summed E-state index contributed by atoms with van der Waals surface area (Å²) >= 11 is 0. The molecule has 2 aliphatic rings. The van der Waals surface area contributed by atoms with E-state index in [1.165, 1.54) is 0 Å². The summed E-state index contributed by atoms with van der Waals surface area (Å²) in [4.78, 5) is 2.30. The van der Waals surface area contributed by atoms with E-state index in [9.17, 15) is 5.11 Å². The number of aliphatic hydroxyl groups is 1. The third kappa shape index (κ3) is 3.75. The summed E-state index contributed by atoms with van der Waals surface area (Å²) in [6, 6.07) is 0.304. The van der Waals surface area contributed by atoms with Crippen molar-refractivity contribution in [3.05, 3.63) is 0 Å². The maximum absolute atomic E-state index is 10.2. The van der Waals surface area contributed by atoms with E-state index in [-0.39, 0.29) is 12.1 Å². The summed E-state index contributed by atoms with van der Waals surface area (Å²) in [6.07, 6.45) is 3.47. The molecule has 6 heteroatoms. The highest BCUT2D eigenvalue weighted by Crippen LogP contribution is 2.36. The van der Waals surface area contributed by atoms with Gasteiger partial charge in [0.2, 0.25) is 5.79 Å². The Morgan fingerprint density at radius 1 is 1.43 bits per heavy atom. The molecule has 0 spiro atoms. The number of nitrogens with one attached hydrogen (secondary N) is 2. The van der Waals surface area contributed by atoms with Crippen LogP contribution in [0.4, 0.5) is 0 Å². The SMILES string of the molecule is CCNCC(O)OC(OC)([C@H]1CCCN1)[C@H]1CCCN1C. The van der Waals surface area contributed by atoms with Crippen molar-refractivity contribution >= 4 is 0 Å². The van der Waals surface area contributed by atoms with Gasteiger partial charge >= 0.3 is 0 Å². The highest BCUT2D eigenvalue weighted by atomic mass is 16.7. The highest BCUT2D eigenvalue weighted by Gasteiger charge is 2.52. The van der Waals surface area contributed by atoms with E-state index in [0.29, 0.717) is 6.54 Å². The van der Waals surface area contributed by atoms with Crippen LogP contribution in [0.3, 0.4) is 0 Å². The zero-order valence-corrected chi connectivity index (χ0v) is 13.6. The first-order valence-corrected chi connectivity index (χ1v) is 8.19. The lowest BCUT2D eigenvalue weighted by Gasteiger charge is -2.45. The van der Waals surface area contributed by atoms with Gasteiger partial charge in [-0.25, -0.2) is 0 Å². The Kier molecular flexibility index (Phi) is 6.40. The molecule has 2 unspecified atom stereocenters. The van der Waals surface area contributed by atoms with Crippen LogP contribution in [0.1, 0.15) is 32.6 Å². The molecule has 124 valence electrons. The van der Waals surface area contributed by atoms with Crippen molar-refractivity contribution in [2.24, 2.45) is 0 Å². The summed E-state index contributed by atoms with van der Waals surface area (Å²) in [5.41, 5.74) is 0. The first-order valence-electron chi connectivity index (χ1n) is 8.19. The summed E-state index contributed by atoms with van der Waals surface area (Å²) < 4.78 is 12.0. The largest absolute Gasteiger partial charge is 0.367 e. The second-order valence-electron chi connectivity index (χ2n) is 6.09. The van der Waals surface area contributed by atoms with Crippen molar-refractivity contribution in [1.29, 1.82) is 0 Å². The van der Waals surface area contributed by atoms with Crippen LogP contribution in [0.25, 0.3) is 0 Å². The summed E-state index contributed by atoms with van der Waals surface area (Å²) in [7, 11) is 3.81. The third-order valence-corrected chi connectivity index (χ3v) is 4.74. The Morgan fingerprint density at radius 3 is 2.76 bits per heavy atom. The van der Waals surface area contributed by atoms with E-state index in [0.717, 1.165) is 45.3 Å². The monoisotopic (exact) mass is 301 g/mol. The number of likely N-dealkylation sites (N-methyl/N-ethyl adjacent to an activating group) is 2. The summed E-state index contributed by atoms with van der Waals surface area (Å²) in [5.74, 6) is -0.781. The molecular formula is C15H31N3O3. The molecule has 0 aliphatic carbocycles. The third-order valence-electron chi connectivity index (χ3n) is 4.74. The Morgan fingerprint density at radius 2 is 2.24 bits per heavy atom. The van der Waals surface area contributed by atoms with Gasteiger partial charge in [-0.3, -0.25) is 4.90 Å². The second-order valence-corrected chi connectivity index (χ2v) is 6.09. The van der Waals surface area contributed by atoms with Gasteiger partial charge in [-0.1, -0.05) is 6.92 Å². The lowest BCUT2D eigenvalue weighted by atomic mass is 9.94. The molecule has 0 radical (unpaired) electrons. The molecule has 0 bridgehead atoms. The number of hydrogen-bond acceptors (Lipinski definition) is 6. The summed E-state index contributed by atoms with van der Waals surface area (Å²) in [6.45, 7) is 5.28. The van der Waals surface area contributed by atoms with Gasteiger partial charge in [0.05, 0.1) is 12.1 Å². The van der Waals surface area contributed by atoms with Gasteiger partial charge in [-0.05, 0) is 52.4 Å². The standard InChI is InChI=1S/C15H31N3O3/c1-4-16-11-14(19)21-15(20-3,12-7-5-9-17-12)13-8-6-10-18(13)2/h12-14,16-17,19H,4-11H2,1-3H3/t12-,13-,14?,15?/m1/s1. The maximum Gasteiger partial charge on any atom is 0.202 e. The smallest absolute Gasteiger partial charge is 0.202 e. The summed E-state index contributed by atoms with van der Waals surface area (Å²) in [5, 5.41) is 16.9. The van der Waals surface area contributed by atoms with Crippen molar-refractivity contribution in [3.8, 4) is 0 Å². The van der Waals surface area contributed by atoms with Gasteiger partial charge < -0.3 is 25.2 Å². The highest BCUT2D eigenvalue weighted by molar-refractivity contribution is 5.00. The molecule has 3 N–H and O–H groups in total. The van der Waals surface area contributed by atoms with Crippen molar-refractivity contribution in [2.75, 3.05) is 40.3 Å². The van der Waals surface area contributed by atoms with Gasteiger partial charge in [0, 0.05) is 13.7 Å². The van der Waals surface area contributed by atoms with Gasteiger partial charge in [-0.2, -0.15) is 0 Å². The van der Waals surface area contributed by atoms with Gasteiger partial charge in [-0.15, -0.1) is 0 Å². The van der Waals surface area contributed by atoms with Crippen molar-refractivity contribution < 1.29 is 14.6 Å². The van der Waals surface area contributed by atoms with Crippen LogP contribution in [0, 0.1) is 0 Å². The quantitative estimate of drug-likeness (QED) is 0.554. The van der Waals surface area contributed by atoms with E-state index >= 15 is 0 Å². The molecule has 21 heavy (non-hydrogen) atoms. The fourth-order valence-corrected chi connectivity index (χ4v) is 3.69.